The summed E-state index contributed by atoms with van der Waals surface area (Å²) in [5.74, 6) is 1.26. The van der Waals surface area contributed by atoms with Gasteiger partial charge in [-0.2, -0.15) is 4.98 Å². The molecule has 0 fully saturated rings. The molecular formula is C7H11ClN4. The van der Waals surface area contributed by atoms with Crippen molar-refractivity contribution in [2.75, 3.05) is 24.2 Å². The third-order valence-electron chi connectivity index (χ3n) is 1.29. The molecule has 1 rings (SSSR count). The van der Waals surface area contributed by atoms with Gasteiger partial charge in [-0.05, 0) is 6.92 Å². The highest BCUT2D eigenvalue weighted by molar-refractivity contribution is 6.29. The van der Waals surface area contributed by atoms with Crippen molar-refractivity contribution in [1.29, 1.82) is 0 Å². The van der Waals surface area contributed by atoms with E-state index in [1.54, 1.807) is 13.1 Å². The SMILES string of the molecule is CCNc1nc(Cl)cc(NC)n1. The molecule has 0 radical (unpaired) electrons. The number of aromatic nitrogens is 2. The summed E-state index contributed by atoms with van der Waals surface area (Å²) in [6, 6.07) is 1.67. The van der Waals surface area contributed by atoms with Crippen LogP contribution >= 0.6 is 11.6 Å². The van der Waals surface area contributed by atoms with E-state index in [1.807, 2.05) is 6.92 Å². The molecule has 0 atom stereocenters. The van der Waals surface area contributed by atoms with Gasteiger partial charge in [0.25, 0.3) is 0 Å². The molecule has 1 aromatic rings. The fraction of sp³-hybridized carbons (Fsp3) is 0.429. The van der Waals surface area contributed by atoms with E-state index in [-0.39, 0.29) is 0 Å². The summed E-state index contributed by atoms with van der Waals surface area (Å²) in [6.45, 7) is 2.76. The van der Waals surface area contributed by atoms with Crippen LogP contribution in [0.4, 0.5) is 11.8 Å². The first-order valence-electron chi connectivity index (χ1n) is 3.72. The van der Waals surface area contributed by atoms with E-state index in [2.05, 4.69) is 20.6 Å². The number of rotatable bonds is 3. The molecule has 1 aromatic heterocycles. The lowest BCUT2D eigenvalue weighted by Crippen LogP contribution is -2.04. The molecule has 0 unspecified atom stereocenters. The Balaban J connectivity index is 2.90. The summed E-state index contributed by atoms with van der Waals surface area (Å²) in [5, 5.41) is 6.30. The molecule has 0 aliphatic carbocycles. The van der Waals surface area contributed by atoms with Crippen LogP contribution in [-0.4, -0.2) is 23.6 Å². The Bertz CT molecular complexity index is 264. The van der Waals surface area contributed by atoms with Gasteiger partial charge in [-0.1, -0.05) is 11.6 Å². The van der Waals surface area contributed by atoms with Gasteiger partial charge in [0.05, 0.1) is 0 Å². The minimum atomic E-state index is 0.435. The Morgan fingerprint density at radius 2 is 2.25 bits per heavy atom. The summed E-state index contributed by atoms with van der Waals surface area (Å²) in [4.78, 5) is 8.10. The number of hydrogen-bond donors (Lipinski definition) is 2. The highest BCUT2D eigenvalue weighted by Crippen LogP contribution is 2.13. The van der Waals surface area contributed by atoms with Gasteiger partial charge < -0.3 is 10.6 Å². The lowest BCUT2D eigenvalue weighted by molar-refractivity contribution is 1.08. The molecule has 12 heavy (non-hydrogen) atoms. The maximum atomic E-state index is 5.73. The molecule has 0 aliphatic heterocycles. The molecule has 5 heteroatoms. The Kier molecular flexibility index (Phi) is 3.10. The summed E-state index contributed by atoms with van der Waals surface area (Å²) < 4.78 is 0. The molecule has 66 valence electrons. The van der Waals surface area contributed by atoms with Crippen molar-refractivity contribution >= 4 is 23.4 Å². The van der Waals surface area contributed by atoms with Gasteiger partial charge in [0.2, 0.25) is 5.95 Å². The maximum absolute atomic E-state index is 5.73. The van der Waals surface area contributed by atoms with Crippen molar-refractivity contribution in [2.45, 2.75) is 6.92 Å². The number of anilines is 2. The first kappa shape index (κ1) is 9.06. The number of hydrogen-bond acceptors (Lipinski definition) is 4. The monoisotopic (exact) mass is 186 g/mol. The molecule has 0 saturated heterocycles. The highest BCUT2D eigenvalue weighted by Gasteiger charge is 1.99. The number of halogens is 1. The Hall–Kier alpha value is -1.03. The largest absolute Gasteiger partial charge is 0.373 e. The minimum Gasteiger partial charge on any atom is -0.373 e. The Morgan fingerprint density at radius 3 is 2.83 bits per heavy atom. The number of nitrogens with zero attached hydrogens (tertiary/aromatic N) is 2. The van der Waals surface area contributed by atoms with Crippen LogP contribution in [0.25, 0.3) is 0 Å². The van der Waals surface area contributed by atoms with Crippen LogP contribution in [0, 0.1) is 0 Å². The summed E-state index contributed by atoms with van der Waals surface area (Å²) in [6.07, 6.45) is 0. The average molecular weight is 187 g/mol. The molecule has 4 nitrogen and oxygen atoms in total. The van der Waals surface area contributed by atoms with E-state index in [0.717, 1.165) is 6.54 Å². The second-order valence-corrected chi connectivity index (χ2v) is 2.57. The molecule has 0 aromatic carbocycles. The molecule has 0 saturated carbocycles. The second-order valence-electron chi connectivity index (χ2n) is 2.18. The molecule has 0 aliphatic rings. The molecular weight excluding hydrogens is 176 g/mol. The zero-order valence-corrected chi connectivity index (χ0v) is 7.81. The fourth-order valence-electron chi connectivity index (χ4n) is 0.783. The fourth-order valence-corrected chi connectivity index (χ4v) is 0.966. The van der Waals surface area contributed by atoms with Gasteiger partial charge in [-0.3, -0.25) is 0 Å². The molecule has 1 heterocycles. The first-order valence-corrected chi connectivity index (χ1v) is 4.10. The topological polar surface area (TPSA) is 49.8 Å². The van der Waals surface area contributed by atoms with Crippen LogP contribution in [0.2, 0.25) is 5.15 Å². The lowest BCUT2D eigenvalue weighted by Gasteiger charge is -2.04. The van der Waals surface area contributed by atoms with Gasteiger partial charge in [0, 0.05) is 19.7 Å². The van der Waals surface area contributed by atoms with Crippen LogP contribution in [0.5, 0.6) is 0 Å². The lowest BCUT2D eigenvalue weighted by atomic mass is 10.6. The standard InChI is InChI=1S/C7H11ClN4/c1-3-10-7-11-5(8)4-6(9-2)12-7/h4H,3H2,1-2H3,(H2,9,10,11,12). The van der Waals surface area contributed by atoms with Crippen molar-refractivity contribution in [1.82, 2.24) is 9.97 Å². The predicted octanol–water partition coefficient (Wildman–Crippen LogP) is 1.60. The first-order chi connectivity index (χ1) is 5.76. The number of nitrogens with one attached hydrogen (secondary N) is 2. The van der Waals surface area contributed by atoms with E-state index in [4.69, 9.17) is 11.6 Å². The second kappa shape index (κ2) is 4.11. The zero-order chi connectivity index (χ0) is 8.97. The molecule has 0 bridgehead atoms. The highest BCUT2D eigenvalue weighted by atomic mass is 35.5. The van der Waals surface area contributed by atoms with E-state index in [9.17, 15) is 0 Å². The van der Waals surface area contributed by atoms with Gasteiger partial charge in [0.1, 0.15) is 11.0 Å². The Morgan fingerprint density at radius 1 is 1.50 bits per heavy atom. The quantitative estimate of drug-likeness (QED) is 0.705. The molecule has 0 amide bonds. The smallest absolute Gasteiger partial charge is 0.226 e. The van der Waals surface area contributed by atoms with Crippen LogP contribution in [0.3, 0.4) is 0 Å². The van der Waals surface area contributed by atoms with Gasteiger partial charge in [-0.25, -0.2) is 4.98 Å². The van der Waals surface area contributed by atoms with Gasteiger partial charge in [0.15, 0.2) is 0 Å². The van der Waals surface area contributed by atoms with Crippen molar-refractivity contribution in [3.8, 4) is 0 Å². The van der Waals surface area contributed by atoms with Crippen molar-refractivity contribution in [3.63, 3.8) is 0 Å². The van der Waals surface area contributed by atoms with Gasteiger partial charge >= 0.3 is 0 Å². The van der Waals surface area contributed by atoms with Crippen molar-refractivity contribution < 1.29 is 0 Å². The zero-order valence-electron chi connectivity index (χ0n) is 7.06. The van der Waals surface area contributed by atoms with E-state index < -0.39 is 0 Å². The van der Waals surface area contributed by atoms with Crippen LogP contribution in [0.15, 0.2) is 6.07 Å². The van der Waals surface area contributed by atoms with Crippen LogP contribution < -0.4 is 10.6 Å². The molecule has 0 spiro atoms. The van der Waals surface area contributed by atoms with Crippen LogP contribution in [-0.2, 0) is 0 Å². The van der Waals surface area contributed by atoms with E-state index in [0.29, 0.717) is 16.9 Å². The average Bonchev–Trinajstić information content (AvgIpc) is 2.04. The van der Waals surface area contributed by atoms with Crippen molar-refractivity contribution in [2.24, 2.45) is 0 Å². The van der Waals surface area contributed by atoms with E-state index in [1.165, 1.54) is 0 Å². The predicted molar refractivity (Wildman–Crippen MR) is 50.8 cm³/mol. The van der Waals surface area contributed by atoms with E-state index >= 15 is 0 Å². The third kappa shape index (κ3) is 2.23. The normalized spacial score (nSPS) is 9.58. The maximum Gasteiger partial charge on any atom is 0.226 e. The van der Waals surface area contributed by atoms with Gasteiger partial charge in [-0.15, -0.1) is 0 Å². The minimum absolute atomic E-state index is 0.435. The summed E-state index contributed by atoms with van der Waals surface area (Å²) >= 11 is 5.73. The third-order valence-corrected chi connectivity index (χ3v) is 1.48. The summed E-state index contributed by atoms with van der Waals surface area (Å²) in [5.41, 5.74) is 0. The molecule has 2 N–H and O–H groups in total. The van der Waals surface area contributed by atoms with Crippen LogP contribution in [0.1, 0.15) is 6.92 Å². The van der Waals surface area contributed by atoms with Crippen molar-refractivity contribution in [3.05, 3.63) is 11.2 Å². The Labute approximate surface area is 76.4 Å². The summed E-state index contributed by atoms with van der Waals surface area (Å²) in [7, 11) is 1.79.